The van der Waals surface area contributed by atoms with E-state index < -0.39 is 5.82 Å². The van der Waals surface area contributed by atoms with E-state index in [1.165, 1.54) is 12.1 Å². The first-order valence-corrected chi connectivity index (χ1v) is 6.54. The van der Waals surface area contributed by atoms with Crippen molar-refractivity contribution in [2.75, 3.05) is 5.32 Å². The maximum atomic E-state index is 13.1. The van der Waals surface area contributed by atoms with Gasteiger partial charge in [0.25, 0.3) is 0 Å². The molecule has 0 saturated heterocycles. The molecule has 0 amide bonds. The number of halogens is 3. The normalized spacial score (nSPS) is 10.8. The summed E-state index contributed by atoms with van der Waals surface area (Å²) in [6.45, 7) is 0. The van der Waals surface area contributed by atoms with E-state index in [1.54, 1.807) is 6.07 Å². The molecule has 0 bridgehead atoms. The molecule has 0 saturated carbocycles. The van der Waals surface area contributed by atoms with Gasteiger partial charge in [0.1, 0.15) is 5.82 Å². The van der Waals surface area contributed by atoms with Crippen molar-refractivity contribution in [3.63, 3.8) is 0 Å². The van der Waals surface area contributed by atoms with Gasteiger partial charge in [-0.2, -0.15) is 0 Å². The molecule has 6 heteroatoms. The molecule has 1 N–H and O–H groups in total. The third-order valence-electron chi connectivity index (χ3n) is 2.82. The van der Waals surface area contributed by atoms with Crippen LogP contribution in [0.2, 0.25) is 10.2 Å². The Bertz CT molecular complexity index is 792. The van der Waals surface area contributed by atoms with Crippen molar-refractivity contribution in [2.24, 2.45) is 0 Å². The lowest BCUT2D eigenvalue weighted by atomic mass is 10.2. The Labute approximate surface area is 124 Å². The van der Waals surface area contributed by atoms with Crippen molar-refractivity contribution in [3.05, 3.63) is 58.5 Å². The summed E-state index contributed by atoms with van der Waals surface area (Å²) in [5.74, 6) is 0.0666. The molecule has 0 unspecified atom stereocenters. The Morgan fingerprint density at radius 2 is 1.70 bits per heavy atom. The van der Waals surface area contributed by atoms with Crippen molar-refractivity contribution in [3.8, 4) is 0 Å². The Morgan fingerprint density at radius 3 is 2.45 bits per heavy atom. The fraction of sp³-hybridized carbons (Fsp3) is 0. The molecule has 0 aliphatic rings. The molecule has 20 heavy (non-hydrogen) atoms. The second kappa shape index (κ2) is 5.23. The van der Waals surface area contributed by atoms with E-state index >= 15 is 0 Å². The lowest BCUT2D eigenvalue weighted by Gasteiger charge is -2.09. The molecule has 1 heterocycles. The molecule has 3 nitrogen and oxygen atoms in total. The summed E-state index contributed by atoms with van der Waals surface area (Å²) in [5.41, 5.74) is 0.623. The Kier molecular flexibility index (Phi) is 3.42. The average molecular weight is 308 g/mol. The topological polar surface area (TPSA) is 37.8 Å². The SMILES string of the molecule is Fc1ccc(Nc2nnc(Cl)c3ccccc23)cc1Cl. The van der Waals surface area contributed by atoms with Gasteiger partial charge in [-0.1, -0.05) is 47.5 Å². The lowest BCUT2D eigenvalue weighted by Crippen LogP contribution is -1.97. The first-order chi connectivity index (χ1) is 9.65. The van der Waals surface area contributed by atoms with Crippen LogP contribution in [0.4, 0.5) is 15.9 Å². The van der Waals surface area contributed by atoms with Gasteiger partial charge in [0, 0.05) is 16.5 Å². The smallest absolute Gasteiger partial charge is 0.161 e. The van der Waals surface area contributed by atoms with Gasteiger partial charge < -0.3 is 5.32 Å². The van der Waals surface area contributed by atoms with E-state index in [4.69, 9.17) is 23.2 Å². The predicted octanol–water partition coefficient (Wildman–Crippen LogP) is 4.82. The highest BCUT2D eigenvalue weighted by molar-refractivity contribution is 6.34. The predicted molar refractivity (Wildman–Crippen MR) is 79.2 cm³/mol. The van der Waals surface area contributed by atoms with Crippen molar-refractivity contribution in [1.82, 2.24) is 10.2 Å². The van der Waals surface area contributed by atoms with Crippen LogP contribution in [0.15, 0.2) is 42.5 Å². The van der Waals surface area contributed by atoms with E-state index in [1.807, 2.05) is 24.3 Å². The molecule has 0 aliphatic heterocycles. The highest BCUT2D eigenvalue weighted by atomic mass is 35.5. The van der Waals surface area contributed by atoms with E-state index in [2.05, 4.69) is 15.5 Å². The van der Waals surface area contributed by atoms with Crippen molar-refractivity contribution >= 4 is 45.5 Å². The standard InChI is InChI=1S/C14H8Cl2FN3/c15-11-7-8(5-6-12(11)17)18-14-10-4-2-1-3-9(10)13(16)19-20-14/h1-7H,(H,18,20). The first kappa shape index (κ1) is 13.1. The summed E-state index contributed by atoms with van der Waals surface area (Å²) in [5, 5.41) is 13.0. The number of rotatable bonds is 2. The van der Waals surface area contributed by atoms with Crippen LogP contribution in [-0.4, -0.2) is 10.2 Å². The van der Waals surface area contributed by atoms with Gasteiger partial charge >= 0.3 is 0 Å². The number of hydrogen-bond acceptors (Lipinski definition) is 3. The summed E-state index contributed by atoms with van der Waals surface area (Å²) in [6, 6.07) is 11.8. The van der Waals surface area contributed by atoms with Gasteiger partial charge in [-0.05, 0) is 18.2 Å². The zero-order valence-corrected chi connectivity index (χ0v) is 11.6. The number of aromatic nitrogens is 2. The summed E-state index contributed by atoms with van der Waals surface area (Å²) in [4.78, 5) is 0. The Hall–Kier alpha value is -1.91. The van der Waals surface area contributed by atoms with Crippen LogP contribution in [-0.2, 0) is 0 Å². The van der Waals surface area contributed by atoms with Crippen molar-refractivity contribution in [2.45, 2.75) is 0 Å². The molecule has 1 aromatic heterocycles. The van der Waals surface area contributed by atoms with E-state index in [-0.39, 0.29) is 5.02 Å². The van der Waals surface area contributed by atoms with Gasteiger partial charge in [0.2, 0.25) is 0 Å². The van der Waals surface area contributed by atoms with E-state index in [0.717, 1.165) is 10.8 Å². The maximum Gasteiger partial charge on any atom is 0.161 e. The zero-order valence-electron chi connectivity index (χ0n) is 10.1. The number of fused-ring (bicyclic) bond motifs is 1. The maximum absolute atomic E-state index is 13.1. The summed E-state index contributed by atoms with van der Waals surface area (Å²) in [7, 11) is 0. The number of hydrogen-bond donors (Lipinski definition) is 1. The van der Waals surface area contributed by atoms with Crippen LogP contribution in [0.5, 0.6) is 0 Å². The van der Waals surface area contributed by atoms with Crippen LogP contribution in [0.3, 0.4) is 0 Å². The molecule has 0 fully saturated rings. The molecule has 100 valence electrons. The van der Waals surface area contributed by atoms with Gasteiger partial charge in [-0.15, -0.1) is 10.2 Å². The molecule has 0 aliphatic carbocycles. The van der Waals surface area contributed by atoms with Gasteiger partial charge in [0.15, 0.2) is 11.0 Å². The Balaban J connectivity index is 2.06. The monoisotopic (exact) mass is 307 g/mol. The van der Waals surface area contributed by atoms with Crippen LogP contribution in [0.1, 0.15) is 0 Å². The average Bonchev–Trinajstić information content (AvgIpc) is 2.46. The van der Waals surface area contributed by atoms with Gasteiger partial charge in [0.05, 0.1) is 5.02 Å². The second-order valence-corrected chi connectivity index (χ2v) is 4.90. The minimum atomic E-state index is -0.468. The van der Waals surface area contributed by atoms with E-state index in [0.29, 0.717) is 16.7 Å². The number of benzene rings is 2. The van der Waals surface area contributed by atoms with Crippen molar-refractivity contribution < 1.29 is 4.39 Å². The summed E-state index contributed by atoms with van der Waals surface area (Å²) in [6.07, 6.45) is 0. The second-order valence-electron chi connectivity index (χ2n) is 4.14. The molecular weight excluding hydrogens is 300 g/mol. The van der Waals surface area contributed by atoms with Crippen LogP contribution < -0.4 is 5.32 Å². The van der Waals surface area contributed by atoms with E-state index in [9.17, 15) is 4.39 Å². The van der Waals surface area contributed by atoms with Gasteiger partial charge in [-0.25, -0.2) is 4.39 Å². The molecular formula is C14H8Cl2FN3. The highest BCUT2D eigenvalue weighted by Gasteiger charge is 2.08. The lowest BCUT2D eigenvalue weighted by molar-refractivity contribution is 0.628. The number of nitrogens with one attached hydrogen (secondary N) is 1. The molecule has 2 aromatic carbocycles. The third-order valence-corrected chi connectivity index (χ3v) is 3.39. The first-order valence-electron chi connectivity index (χ1n) is 5.78. The minimum Gasteiger partial charge on any atom is -0.338 e. The summed E-state index contributed by atoms with van der Waals surface area (Å²) >= 11 is 11.8. The highest BCUT2D eigenvalue weighted by Crippen LogP contribution is 2.28. The minimum absolute atomic E-state index is 0.0428. The van der Waals surface area contributed by atoms with Crippen LogP contribution in [0, 0.1) is 5.82 Å². The van der Waals surface area contributed by atoms with Crippen LogP contribution in [0.25, 0.3) is 10.8 Å². The molecule has 0 atom stereocenters. The zero-order chi connectivity index (χ0) is 14.1. The molecule has 0 spiro atoms. The quantitative estimate of drug-likeness (QED) is 0.737. The largest absolute Gasteiger partial charge is 0.338 e. The number of anilines is 2. The Morgan fingerprint density at radius 1 is 0.950 bits per heavy atom. The molecule has 3 rings (SSSR count). The molecule has 0 radical (unpaired) electrons. The van der Waals surface area contributed by atoms with Crippen molar-refractivity contribution in [1.29, 1.82) is 0 Å². The van der Waals surface area contributed by atoms with Crippen LogP contribution >= 0.6 is 23.2 Å². The third kappa shape index (κ3) is 2.40. The van der Waals surface area contributed by atoms with Gasteiger partial charge in [-0.3, -0.25) is 0 Å². The summed E-state index contributed by atoms with van der Waals surface area (Å²) < 4.78 is 13.1. The molecule has 3 aromatic rings. The fourth-order valence-corrected chi connectivity index (χ4v) is 2.26. The fourth-order valence-electron chi connectivity index (χ4n) is 1.87. The number of nitrogens with zero attached hydrogens (tertiary/aromatic N) is 2.